The minimum atomic E-state index is -3.93. The van der Waals surface area contributed by atoms with Gasteiger partial charge >= 0.3 is 6.03 Å². The van der Waals surface area contributed by atoms with E-state index < -0.39 is 16.1 Å². The maximum absolute atomic E-state index is 11.6. The van der Waals surface area contributed by atoms with E-state index in [1.54, 1.807) is 12.1 Å². The Labute approximate surface area is 93.5 Å². The molecule has 0 aliphatic heterocycles. The quantitative estimate of drug-likeness (QED) is 0.761. The zero-order valence-corrected chi connectivity index (χ0v) is 9.63. The molecule has 7 heteroatoms. The smallest absolute Gasteiger partial charge is 0.339 e. The van der Waals surface area contributed by atoms with Crippen LogP contribution in [0.3, 0.4) is 0 Å². The molecule has 0 bridgehead atoms. The maximum Gasteiger partial charge on any atom is 0.339 e. The van der Waals surface area contributed by atoms with Crippen molar-refractivity contribution in [1.29, 1.82) is 0 Å². The van der Waals surface area contributed by atoms with Crippen molar-refractivity contribution >= 4 is 28.9 Å². The molecule has 15 heavy (non-hydrogen) atoms. The van der Waals surface area contributed by atoms with Crippen LogP contribution in [0.4, 0.5) is 4.79 Å². The van der Waals surface area contributed by atoms with E-state index in [1.807, 2.05) is 6.92 Å². The molecule has 0 aliphatic carbocycles. The van der Waals surface area contributed by atoms with Gasteiger partial charge in [-0.05, 0) is 31.9 Å². The molecule has 0 radical (unpaired) electrons. The first-order chi connectivity index (χ1) is 6.85. The molecule has 5 nitrogen and oxygen atoms in total. The summed E-state index contributed by atoms with van der Waals surface area (Å²) in [4.78, 5) is 10.7. The molecule has 2 N–H and O–H groups in total. The number of sulfonamides is 1. The molecule has 1 aromatic carbocycles. The number of benzene rings is 1. The highest BCUT2D eigenvalue weighted by atomic mass is 32.3. The van der Waals surface area contributed by atoms with Gasteiger partial charge in [-0.1, -0.05) is 17.7 Å². The Morgan fingerprint density at radius 3 is 2.20 bits per heavy atom. The monoisotopic (exact) mass is 246 g/mol. The summed E-state index contributed by atoms with van der Waals surface area (Å²) in [5.74, 6) is 0. The van der Waals surface area contributed by atoms with E-state index in [2.05, 4.69) is 12.8 Å². The zero-order chi connectivity index (χ0) is 11.6. The van der Waals surface area contributed by atoms with Gasteiger partial charge in [0.1, 0.15) is 0 Å². The summed E-state index contributed by atoms with van der Waals surface area (Å²) >= 11 is 3.51. The Bertz CT molecular complexity index is 467. The first kappa shape index (κ1) is 11.9. The summed E-state index contributed by atoms with van der Waals surface area (Å²) < 4.78 is 23.5. The Balaban J connectivity index is 3.17. The number of hydrogen-bond donors (Lipinski definition) is 2. The highest BCUT2D eigenvalue weighted by Crippen LogP contribution is 2.17. The lowest BCUT2D eigenvalue weighted by molar-refractivity contribution is 0.245. The van der Waals surface area contributed by atoms with Gasteiger partial charge < -0.3 is 5.73 Å². The lowest BCUT2D eigenvalue weighted by Gasteiger charge is -2.12. The van der Waals surface area contributed by atoms with Crippen molar-refractivity contribution in [2.75, 3.05) is 0 Å². The van der Waals surface area contributed by atoms with Crippen LogP contribution in [0.1, 0.15) is 5.56 Å². The summed E-state index contributed by atoms with van der Waals surface area (Å²) in [5.41, 5.74) is 5.74. The minimum absolute atomic E-state index is 0.0260. The number of nitrogens with two attached hydrogens (primary N) is 1. The molecule has 2 amide bonds. The third kappa shape index (κ3) is 2.42. The molecule has 1 rings (SSSR count). The average Bonchev–Trinajstić information content (AvgIpc) is 2.17. The molecule has 0 spiro atoms. The Morgan fingerprint density at radius 1 is 1.33 bits per heavy atom. The third-order valence-electron chi connectivity index (χ3n) is 1.74. The number of hydrogen-bond acceptors (Lipinski definition) is 4. The second-order valence-electron chi connectivity index (χ2n) is 2.90. The van der Waals surface area contributed by atoms with E-state index in [9.17, 15) is 13.2 Å². The number of amides is 2. The Morgan fingerprint density at radius 2 is 1.80 bits per heavy atom. The van der Waals surface area contributed by atoms with Gasteiger partial charge in [-0.2, -0.15) is 3.71 Å². The lowest BCUT2D eigenvalue weighted by Crippen LogP contribution is -2.33. The standard InChI is InChI=1S/C8H10N2O3S2/c1-6-2-4-7(5-3-6)15(12,13)10(14)8(9)11/h2-5,14H,1H3,(H2,9,11). The minimum Gasteiger partial charge on any atom is -0.350 e. The molecule has 0 unspecified atom stereocenters. The Kier molecular flexibility index (Phi) is 3.25. The number of thiol groups is 1. The van der Waals surface area contributed by atoms with Crippen LogP contribution in [0.5, 0.6) is 0 Å². The van der Waals surface area contributed by atoms with Crippen molar-refractivity contribution < 1.29 is 13.2 Å². The first-order valence-electron chi connectivity index (χ1n) is 3.96. The van der Waals surface area contributed by atoms with E-state index >= 15 is 0 Å². The summed E-state index contributed by atoms with van der Waals surface area (Å²) in [6, 6.07) is 4.87. The van der Waals surface area contributed by atoms with Crippen molar-refractivity contribution in [3.05, 3.63) is 29.8 Å². The van der Waals surface area contributed by atoms with Crippen molar-refractivity contribution in [1.82, 2.24) is 3.71 Å². The van der Waals surface area contributed by atoms with Crippen LogP contribution in [0.2, 0.25) is 0 Å². The first-order valence-corrected chi connectivity index (χ1v) is 5.80. The predicted octanol–water partition coefficient (Wildman–Crippen LogP) is 0.909. The van der Waals surface area contributed by atoms with Gasteiger partial charge in [-0.25, -0.2) is 13.2 Å². The molecule has 0 aromatic heterocycles. The largest absolute Gasteiger partial charge is 0.350 e. The zero-order valence-electron chi connectivity index (χ0n) is 7.91. The SMILES string of the molecule is Cc1ccc(S(=O)(=O)N(S)C(N)=O)cc1. The van der Waals surface area contributed by atoms with Crippen molar-refractivity contribution in [2.24, 2.45) is 5.73 Å². The van der Waals surface area contributed by atoms with Gasteiger partial charge in [-0.15, -0.1) is 0 Å². The van der Waals surface area contributed by atoms with Crippen LogP contribution in [0, 0.1) is 6.92 Å². The molecule has 0 aliphatic rings. The number of rotatable bonds is 2. The fourth-order valence-electron chi connectivity index (χ4n) is 0.929. The topological polar surface area (TPSA) is 80.5 Å². The second kappa shape index (κ2) is 4.11. The van der Waals surface area contributed by atoms with Crippen molar-refractivity contribution in [3.8, 4) is 0 Å². The number of urea groups is 1. The van der Waals surface area contributed by atoms with Crippen LogP contribution in [-0.2, 0) is 10.0 Å². The van der Waals surface area contributed by atoms with E-state index in [4.69, 9.17) is 5.73 Å². The molecule has 0 fully saturated rings. The summed E-state index contributed by atoms with van der Waals surface area (Å²) in [6.45, 7) is 1.82. The molecule has 1 aromatic rings. The van der Waals surface area contributed by atoms with E-state index in [1.165, 1.54) is 12.1 Å². The number of carbonyl (C=O) groups excluding carboxylic acids is 1. The van der Waals surface area contributed by atoms with Gasteiger partial charge in [0.05, 0.1) is 4.90 Å². The predicted molar refractivity (Wildman–Crippen MR) is 58.8 cm³/mol. The molecular formula is C8H10N2O3S2. The fraction of sp³-hybridized carbons (Fsp3) is 0.125. The van der Waals surface area contributed by atoms with Gasteiger partial charge in [0.2, 0.25) is 0 Å². The Hall–Kier alpha value is -1.21. The number of carbonyl (C=O) groups is 1. The summed E-state index contributed by atoms with van der Waals surface area (Å²) in [7, 11) is -3.93. The van der Waals surface area contributed by atoms with Gasteiger partial charge in [0, 0.05) is 0 Å². The van der Waals surface area contributed by atoms with E-state index in [0.29, 0.717) is 0 Å². The van der Waals surface area contributed by atoms with Gasteiger partial charge in [0.15, 0.2) is 0 Å². The van der Waals surface area contributed by atoms with Crippen LogP contribution in [0.15, 0.2) is 29.2 Å². The third-order valence-corrected chi connectivity index (χ3v) is 4.08. The molecule has 0 atom stereocenters. The highest BCUT2D eigenvalue weighted by Gasteiger charge is 2.24. The fourth-order valence-corrected chi connectivity index (χ4v) is 2.13. The highest BCUT2D eigenvalue weighted by molar-refractivity contribution is 8.00. The molecule has 82 valence electrons. The van der Waals surface area contributed by atoms with Crippen LogP contribution >= 0.6 is 12.8 Å². The van der Waals surface area contributed by atoms with E-state index in [-0.39, 0.29) is 8.61 Å². The van der Waals surface area contributed by atoms with Crippen LogP contribution in [-0.4, -0.2) is 18.2 Å². The molecular weight excluding hydrogens is 236 g/mol. The van der Waals surface area contributed by atoms with E-state index in [0.717, 1.165) is 5.56 Å². The van der Waals surface area contributed by atoms with Gasteiger partial charge in [0.25, 0.3) is 10.0 Å². The normalized spacial score (nSPS) is 11.1. The van der Waals surface area contributed by atoms with Crippen LogP contribution < -0.4 is 5.73 Å². The van der Waals surface area contributed by atoms with Gasteiger partial charge in [-0.3, -0.25) is 0 Å². The molecule has 0 saturated heterocycles. The van der Waals surface area contributed by atoms with Crippen molar-refractivity contribution in [2.45, 2.75) is 11.8 Å². The molecule has 0 saturated carbocycles. The summed E-state index contributed by atoms with van der Waals surface area (Å²) in [5, 5.41) is 0. The number of primary amides is 1. The summed E-state index contributed by atoms with van der Waals surface area (Å²) in [6.07, 6.45) is 0. The second-order valence-corrected chi connectivity index (χ2v) is 5.36. The maximum atomic E-state index is 11.6. The number of nitrogens with zero attached hydrogens (tertiary/aromatic N) is 1. The van der Waals surface area contributed by atoms with Crippen molar-refractivity contribution in [3.63, 3.8) is 0 Å². The van der Waals surface area contributed by atoms with Crippen LogP contribution in [0.25, 0.3) is 0 Å². The molecule has 0 heterocycles. The average molecular weight is 246 g/mol. The number of aryl methyl sites for hydroxylation is 1. The lowest BCUT2D eigenvalue weighted by atomic mass is 10.2.